The van der Waals surface area contributed by atoms with Crippen molar-refractivity contribution in [2.45, 2.75) is 19.1 Å². The fraction of sp³-hybridized carbons (Fsp3) is 0.300. The van der Waals surface area contributed by atoms with Crippen molar-refractivity contribution in [3.8, 4) is 5.75 Å². The molecule has 26 heavy (non-hydrogen) atoms. The van der Waals surface area contributed by atoms with Gasteiger partial charge in [-0.25, -0.2) is 4.79 Å². The fourth-order valence-corrected chi connectivity index (χ4v) is 2.97. The van der Waals surface area contributed by atoms with Crippen LogP contribution in [0.3, 0.4) is 0 Å². The van der Waals surface area contributed by atoms with Crippen molar-refractivity contribution >= 4 is 12.0 Å². The lowest BCUT2D eigenvalue weighted by molar-refractivity contribution is -0.125. The molecule has 2 amide bonds. The number of carbonyl (C=O) groups excluding carboxylic acids is 2. The van der Waals surface area contributed by atoms with Crippen LogP contribution in [0.2, 0.25) is 0 Å². The van der Waals surface area contributed by atoms with Gasteiger partial charge in [0, 0.05) is 13.1 Å². The second-order valence-corrected chi connectivity index (χ2v) is 6.06. The third kappa shape index (κ3) is 4.14. The highest BCUT2D eigenvalue weighted by Gasteiger charge is 2.34. The molecular weight excluding hydrogens is 332 g/mol. The number of hydrogen-bond donors (Lipinski definition) is 1. The van der Waals surface area contributed by atoms with Crippen molar-refractivity contribution in [2.24, 2.45) is 0 Å². The maximum absolute atomic E-state index is 12.7. The summed E-state index contributed by atoms with van der Waals surface area (Å²) < 4.78 is 10.7. The number of methoxy groups -OCH3 is 1. The Hall–Kier alpha value is -3.02. The van der Waals surface area contributed by atoms with Crippen LogP contribution in [-0.4, -0.2) is 37.1 Å². The molecule has 1 aliphatic rings. The Morgan fingerprint density at radius 3 is 2.77 bits per heavy atom. The Labute approximate surface area is 152 Å². The van der Waals surface area contributed by atoms with Crippen LogP contribution < -0.4 is 10.1 Å². The van der Waals surface area contributed by atoms with E-state index >= 15 is 0 Å². The van der Waals surface area contributed by atoms with Crippen LogP contribution >= 0.6 is 0 Å². The van der Waals surface area contributed by atoms with E-state index in [-0.39, 0.29) is 12.5 Å². The monoisotopic (exact) mass is 354 g/mol. The molecule has 0 saturated carbocycles. The Bertz CT molecular complexity index is 763. The van der Waals surface area contributed by atoms with Gasteiger partial charge in [-0.2, -0.15) is 0 Å². The van der Waals surface area contributed by atoms with Gasteiger partial charge in [0.25, 0.3) is 0 Å². The third-order valence-electron chi connectivity index (χ3n) is 4.28. The zero-order valence-corrected chi connectivity index (χ0v) is 14.7. The molecule has 0 aliphatic carbocycles. The zero-order valence-electron chi connectivity index (χ0n) is 14.7. The summed E-state index contributed by atoms with van der Waals surface area (Å²) in [5, 5.41) is 2.86. The standard InChI is InChI=1S/C20H22N2O4/c1-25-17-10-5-9-16(13-17)18-19(23)21-11-6-12-22(18)20(24)26-14-15-7-3-2-4-8-15/h2-5,7-10,13,18H,6,11-12,14H2,1H3,(H,21,23). The highest BCUT2D eigenvalue weighted by Crippen LogP contribution is 2.27. The number of amides is 2. The lowest BCUT2D eigenvalue weighted by Crippen LogP contribution is -2.41. The first-order valence-corrected chi connectivity index (χ1v) is 8.58. The van der Waals surface area contributed by atoms with Crippen molar-refractivity contribution in [3.63, 3.8) is 0 Å². The molecule has 1 fully saturated rings. The molecule has 2 aromatic carbocycles. The number of benzene rings is 2. The van der Waals surface area contributed by atoms with Gasteiger partial charge in [-0.15, -0.1) is 0 Å². The van der Waals surface area contributed by atoms with E-state index in [0.29, 0.717) is 30.8 Å². The molecule has 6 heteroatoms. The summed E-state index contributed by atoms with van der Waals surface area (Å²) in [7, 11) is 1.57. The highest BCUT2D eigenvalue weighted by molar-refractivity contribution is 5.87. The predicted octanol–water partition coefficient (Wildman–Crippen LogP) is 2.90. The van der Waals surface area contributed by atoms with Crippen LogP contribution in [0.4, 0.5) is 4.79 Å². The minimum atomic E-state index is -0.740. The summed E-state index contributed by atoms with van der Waals surface area (Å²) in [4.78, 5) is 26.8. The number of ether oxygens (including phenoxy) is 2. The Morgan fingerprint density at radius 2 is 2.00 bits per heavy atom. The van der Waals surface area contributed by atoms with E-state index in [9.17, 15) is 9.59 Å². The maximum atomic E-state index is 12.7. The predicted molar refractivity (Wildman–Crippen MR) is 96.7 cm³/mol. The van der Waals surface area contributed by atoms with Gasteiger partial charge in [0.15, 0.2) is 0 Å². The maximum Gasteiger partial charge on any atom is 0.411 e. The van der Waals surface area contributed by atoms with Gasteiger partial charge in [-0.3, -0.25) is 9.69 Å². The van der Waals surface area contributed by atoms with Crippen molar-refractivity contribution in [1.82, 2.24) is 10.2 Å². The topological polar surface area (TPSA) is 67.9 Å². The molecule has 2 aromatic rings. The molecule has 0 radical (unpaired) electrons. The normalized spacial score (nSPS) is 17.2. The lowest BCUT2D eigenvalue weighted by atomic mass is 10.0. The van der Waals surface area contributed by atoms with Crippen molar-refractivity contribution in [1.29, 1.82) is 0 Å². The molecular formula is C20H22N2O4. The summed E-state index contributed by atoms with van der Waals surface area (Å²) in [5.41, 5.74) is 1.60. The summed E-state index contributed by atoms with van der Waals surface area (Å²) >= 11 is 0. The Morgan fingerprint density at radius 1 is 1.19 bits per heavy atom. The summed E-state index contributed by atoms with van der Waals surface area (Å²) in [6, 6.07) is 15.9. The smallest absolute Gasteiger partial charge is 0.411 e. The Kier molecular flexibility index (Phi) is 5.73. The molecule has 6 nitrogen and oxygen atoms in total. The quantitative estimate of drug-likeness (QED) is 0.917. The molecule has 136 valence electrons. The van der Waals surface area contributed by atoms with Gasteiger partial charge >= 0.3 is 6.09 Å². The van der Waals surface area contributed by atoms with Gasteiger partial charge < -0.3 is 14.8 Å². The molecule has 0 aromatic heterocycles. The van der Waals surface area contributed by atoms with Crippen molar-refractivity contribution < 1.29 is 19.1 Å². The summed E-state index contributed by atoms with van der Waals surface area (Å²) in [6.07, 6.45) is 0.172. The van der Waals surface area contributed by atoms with E-state index in [1.807, 2.05) is 36.4 Å². The number of nitrogens with one attached hydrogen (secondary N) is 1. The number of nitrogens with zero attached hydrogens (tertiary/aromatic N) is 1. The lowest BCUT2D eigenvalue weighted by Gasteiger charge is -2.28. The number of rotatable bonds is 4. The highest BCUT2D eigenvalue weighted by atomic mass is 16.6. The summed E-state index contributed by atoms with van der Waals surface area (Å²) in [6.45, 7) is 1.14. The van der Waals surface area contributed by atoms with E-state index in [2.05, 4.69) is 5.32 Å². The first kappa shape index (κ1) is 17.8. The first-order chi connectivity index (χ1) is 12.7. The van der Waals surface area contributed by atoms with Crippen LogP contribution in [0.15, 0.2) is 54.6 Å². The van der Waals surface area contributed by atoms with Crippen LogP contribution in [0.1, 0.15) is 23.6 Å². The molecule has 1 unspecified atom stereocenters. The van der Waals surface area contributed by atoms with Gasteiger partial charge in [0.1, 0.15) is 18.4 Å². The molecule has 1 aliphatic heterocycles. The average molecular weight is 354 g/mol. The molecule has 0 bridgehead atoms. The minimum Gasteiger partial charge on any atom is -0.497 e. The first-order valence-electron chi connectivity index (χ1n) is 8.58. The van der Waals surface area contributed by atoms with Crippen molar-refractivity contribution in [2.75, 3.05) is 20.2 Å². The molecule has 1 heterocycles. The number of hydrogen-bond acceptors (Lipinski definition) is 4. The van der Waals surface area contributed by atoms with Crippen LogP contribution in [-0.2, 0) is 16.1 Å². The molecule has 1 N–H and O–H groups in total. The second kappa shape index (κ2) is 8.38. The van der Waals surface area contributed by atoms with Gasteiger partial charge in [0.05, 0.1) is 7.11 Å². The van der Waals surface area contributed by atoms with Gasteiger partial charge in [0.2, 0.25) is 5.91 Å². The third-order valence-corrected chi connectivity index (χ3v) is 4.28. The van der Waals surface area contributed by atoms with E-state index < -0.39 is 12.1 Å². The second-order valence-electron chi connectivity index (χ2n) is 6.06. The van der Waals surface area contributed by atoms with E-state index in [1.165, 1.54) is 4.90 Å². The molecule has 1 atom stereocenters. The van der Waals surface area contributed by atoms with E-state index in [0.717, 1.165) is 5.56 Å². The SMILES string of the molecule is COc1cccc(C2C(=O)NCCCN2C(=O)OCc2ccccc2)c1. The van der Waals surface area contributed by atoms with E-state index in [1.54, 1.807) is 25.3 Å². The molecule has 0 spiro atoms. The summed E-state index contributed by atoms with van der Waals surface area (Å²) in [5.74, 6) is 0.421. The van der Waals surface area contributed by atoms with Gasteiger partial charge in [-0.05, 0) is 29.7 Å². The largest absolute Gasteiger partial charge is 0.497 e. The average Bonchev–Trinajstić information content (AvgIpc) is 2.88. The fourth-order valence-electron chi connectivity index (χ4n) is 2.97. The van der Waals surface area contributed by atoms with Crippen LogP contribution in [0, 0.1) is 0 Å². The van der Waals surface area contributed by atoms with E-state index in [4.69, 9.17) is 9.47 Å². The molecule has 1 saturated heterocycles. The molecule has 3 rings (SSSR count). The van der Waals surface area contributed by atoms with Crippen molar-refractivity contribution in [3.05, 3.63) is 65.7 Å². The number of carbonyl (C=O) groups is 2. The zero-order chi connectivity index (χ0) is 18.4. The van der Waals surface area contributed by atoms with Crippen LogP contribution in [0.25, 0.3) is 0 Å². The Balaban J connectivity index is 1.81. The minimum absolute atomic E-state index is 0.169. The van der Waals surface area contributed by atoms with Gasteiger partial charge in [-0.1, -0.05) is 42.5 Å². The van der Waals surface area contributed by atoms with Crippen LogP contribution in [0.5, 0.6) is 5.75 Å².